The van der Waals surface area contributed by atoms with Crippen molar-refractivity contribution in [2.75, 3.05) is 0 Å². The second kappa shape index (κ2) is 6.36. The molecule has 0 N–H and O–H groups in total. The van der Waals surface area contributed by atoms with Gasteiger partial charge in [-0.3, -0.25) is 4.98 Å². The van der Waals surface area contributed by atoms with Crippen molar-refractivity contribution in [1.82, 2.24) is 9.55 Å². The van der Waals surface area contributed by atoms with Crippen LogP contribution in [0.1, 0.15) is 16.7 Å². The van der Waals surface area contributed by atoms with Crippen molar-refractivity contribution >= 4 is 0 Å². The normalized spacial score (nSPS) is 10.2. The third kappa shape index (κ3) is 2.98. The molecule has 21 heavy (non-hydrogen) atoms. The first-order valence-corrected chi connectivity index (χ1v) is 6.75. The van der Waals surface area contributed by atoms with Gasteiger partial charge in [-0.2, -0.15) is 0 Å². The van der Waals surface area contributed by atoms with Crippen LogP contribution in [-0.4, -0.2) is 9.55 Å². The van der Waals surface area contributed by atoms with E-state index in [1.54, 1.807) is 0 Å². The van der Waals surface area contributed by atoms with Gasteiger partial charge < -0.3 is 4.57 Å². The van der Waals surface area contributed by atoms with Crippen LogP contribution in [0.3, 0.4) is 0 Å². The number of aromatic nitrogens is 2. The predicted octanol–water partition coefficient (Wildman–Crippen LogP) is 4.26. The zero-order chi connectivity index (χ0) is 14.1. The minimum atomic E-state index is 0. The first-order valence-electron chi connectivity index (χ1n) is 6.75. The average molecular weight is 364 g/mol. The summed E-state index contributed by atoms with van der Waals surface area (Å²) in [5.41, 5.74) is 6.03. The molecule has 0 aliphatic rings. The van der Waals surface area contributed by atoms with Gasteiger partial charge in [0.05, 0.1) is 5.82 Å². The molecule has 0 atom stereocenters. The van der Waals surface area contributed by atoms with Crippen LogP contribution in [0.2, 0.25) is 0 Å². The van der Waals surface area contributed by atoms with Crippen molar-refractivity contribution in [2.45, 2.75) is 20.8 Å². The van der Waals surface area contributed by atoms with Crippen LogP contribution in [0.25, 0.3) is 17.1 Å². The molecule has 1 heterocycles. The molecule has 0 aliphatic heterocycles. The second-order valence-electron chi connectivity index (χ2n) is 5.14. The molecule has 0 aliphatic carbocycles. The monoisotopic (exact) mass is 364 g/mol. The third-order valence-electron chi connectivity index (χ3n) is 3.47. The molecule has 0 bridgehead atoms. The van der Waals surface area contributed by atoms with E-state index < -0.39 is 0 Å². The molecular formula is C18H17N2Rh-. The minimum absolute atomic E-state index is 0. The van der Waals surface area contributed by atoms with Crippen molar-refractivity contribution in [3.8, 4) is 17.1 Å². The first-order chi connectivity index (χ1) is 9.66. The van der Waals surface area contributed by atoms with E-state index in [0.29, 0.717) is 0 Å². The maximum absolute atomic E-state index is 4.50. The molecule has 2 aromatic carbocycles. The van der Waals surface area contributed by atoms with Gasteiger partial charge in [-0.15, -0.1) is 35.9 Å². The maximum Gasteiger partial charge on any atom is 0.0602 e. The Kier molecular flexibility index (Phi) is 4.74. The van der Waals surface area contributed by atoms with Crippen molar-refractivity contribution in [3.63, 3.8) is 0 Å². The Hall–Kier alpha value is -1.73. The Balaban J connectivity index is 0.00000161. The molecule has 0 fully saturated rings. The van der Waals surface area contributed by atoms with E-state index >= 15 is 0 Å². The van der Waals surface area contributed by atoms with E-state index in [1.807, 2.05) is 36.7 Å². The topological polar surface area (TPSA) is 17.8 Å². The summed E-state index contributed by atoms with van der Waals surface area (Å²) in [5, 5.41) is 0. The predicted molar refractivity (Wildman–Crippen MR) is 82.0 cm³/mol. The number of nitrogens with zero attached hydrogens (tertiary/aromatic N) is 2. The van der Waals surface area contributed by atoms with Gasteiger partial charge in [0.15, 0.2) is 0 Å². The second-order valence-corrected chi connectivity index (χ2v) is 5.14. The van der Waals surface area contributed by atoms with Gasteiger partial charge in [-0.05, 0) is 31.9 Å². The number of benzene rings is 2. The fourth-order valence-electron chi connectivity index (χ4n) is 2.77. The Labute approximate surface area is 138 Å². The fourth-order valence-corrected chi connectivity index (χ4v) is 2.77. The minimum Gasteiger partial charge on any atom is -0.340 e. The van der Waals surface area contributed by atoms with Crippen molar-refractivity contribution in [3.05, 3.63) is 71.5 Å². The van der Waals surface area contributed by atoms with Gasteiger partial charge in [0, 0.05) is 37.6 Å². The summed E-state index contributed by atoms with van der Waals surface area (Å²) in [6, 6.07) is 15.6. The fraction of sp³-hybridized carbons (Fsp3) is 0.167. The molecule has 0 unspecified atom stereocenters. The molecule has 1 radical (unpaired) electrons. The summed E-state index contributed by atoms with van der Waals surface area (Å²) in [6.07, 6.45) is 3.86. The van der Waals surface area contributed by atoms with E-state index in [0.717, 1.165) is 11.4 Å². The third-order valence-corrected chi connectivity index (χ3v) is 3.47. The molecular weight excluding hydrogens is 347 g/mol. The number of rotatable bonds is 2. The average Bonchev–Trinajstić information content (AvgIpc) is 2.87. The molecule has 0 spiro atoms. The van der Waals surface area contributed by atoms with Gasteiger partial charge in [0.25, 0.3) is 0 Å². The summed E-state index contributed by atoms with van der Waals surface area (Å²) in [5.74, 6) is 0.931. The van der Waals surface area contributed by atoms with Crippen LogP contribution in [0.15, 0.2) is 48.8 Å². The van der Waals surface area contributed by atoms with Crippen LogP contribution in [0.4, 0.5) is 0 Å². The quantitative estimate of drug-likeness (QED) is 0.491. The summed E-state index contributed by atoms with van der Waals surface area (Å²) < 4.78 is 2.15. The molecule has 3 aromatic rings. The van der Waals surface area contributed by atoms with E-state index in [1.165, 1.54) is 22.4 Å². The Morgan fingerprint density at radius 2 is 1.76 bits per heavy atom. The van der Waals surface area contributed by atoms with E-state index in [9.17, 15) is 0 Å². The smallest absolute Gasteiger partial charge is 0.0602 e. The van der Waals surface area contributed by atoms with E-state index in [2.05, 4.69) is 48.5 Å². The van der Waals surface area contributed by atoms with E-state index in [-0.39, 0.29) is 19.5 Å². The van der Waals surface area contributed by atoms with Crippen molar-refractivity contribution in [2.24, 2.45) is 0 Å². The van der Waals surface area contributed by atoms with Gasteiger partial charge in [0.1, 0.15) is 0 Å². The number of hydrogen-bond acceptors (Lipinski definition) is 1. The number of imidazole rings is 1. The SMILES string of the molecule is Cc1cc(C)c(-n2ccnc2-c2[c-]cccc2)c(C)c1.[Rh]. The molecule has 1 aromatic heterocycles. The van der Waals surface area contributed by atoms with E-state index in [4.69, 9.17) is 0 Å². The molecule has 0 amide bonds. The van der Waals surface area contributed by atoms with Crippen molar-refractivity contribution < 1.29 is 19.5 Å². The zero-order valence-corrected chi connectivity index (χ0v) is 14.0. The molecule has 2 nitrogen and oxygen atoms in total. The van der Waals surface area contributed by atoms with Crippen LogP contribution in [0, 0.1) is 26.8 Å². The maximum atomic E-state index is 4.50. The van der Waals surface area contributed by atoms with Gasteiger partial charge >= 0.3 is 0 Å². The molecule has 3 heteroatoms. The van der Waals surface area contributed by atoms with Gasteiger partial charge in [0.2, 0.25) is 0 Å². The van der Waals surface area contributed by atoms with Crippen LogP contribution in [0.5, 0.6) is 0 Å². The van der Waals surface area contributed by atoms with Crippen LogP contribution in [-0.2, 0) is 19.5 Å². The number of hydrogen-bond donors (Lipinski definition) is 0. The Bertz CT molecular complexity index is 722. The molecule has 109 valence electrons. The first kappa shape index (κ1) is 15.7. The van der Waals surface area contributed by atoms with Crippen LogP contribution >= 0.6 is 0 Å². The Morgan fingerprint density at radius 1 is 1.05 bits per heavy atom. The summed E-state index contributed by atoms with van der Waals surface area (Å²) in [4.78, 5) is 4.50. The largest absolute Gasteiger partial charge is 0.340 e. The summed E-state index contributed by atoms with van der Waals surface area (Å²) in [6.45, 7) is 6.42. The van der Waals surface area contributed by atoms with Gasteiger partial charge in [-0.25, -0.2) is 0 Å². The standard InChI is InChI=1S/C18H17N2.Rh/c1-13-11-14(2)17(15(3)12-13)20-10-9-19-18(20)16-7-5-4-6-8-16;/h4-7,9-12H,1-3H3;/q-1;. The summed E-state index contributed by atoms with van der Waals surface area (Å²) in [7, 11) is 0. The molecule has 0 saturated heterocycles. The molecule has 3 rings (SSSR count). The zero-order valence-electron chi connectivity index (χ0n) is 12.3. The number of aryl methyl sites for hydroxylation is 3. The summed E-state index contributed by atoms with van der Waals surface area (Å²) >= 11 is 0. The Morgan fingerprint density at radius 3 is 2.38 bits per heavy atom. The van der Waals surface area contributed by atoms with Gasteiger partial charge in [-0.1, -0.05) is 17.7 Å². The molecule has 0 saturated carbocycles. The van der Waals surface area contributed by atoms with Crippen LogP contribution < -0.4 is 0 Å². The van der Waals surface area contributed by atoms with Crippen molar-refractivity contribution in [1.29, 1.82) is 0 Å².